The minimum Gasteiger partial charge on any atom is -0.396 e. The Labute approximate surface area is 116 Å². The van der Waals surface area contributed by atoms with Crippen molar-refractivity contribution in [3.63, 3.8) is 0 Å². The fourth-order valence-corrected chi connectivity index (χ4v) is 2.26. The average molecular weight is 308 g/mol. The number of nitrogens with zero attached hydrogens (tertiary/aromatic N) is 1. The molecule has 4 N–H and O–H groups in total. The van der Waals surface area contributed by atoms with Gasteiger partial charge in [0, 0.05) is 25.3 Å². The highest BCUT2D eigenvalue weighted by Gasteiger charge is 2.65. The summed E-state index contributed by atoms with van der Waals surface area (Å²) in [5, 5.41) is 28.7. The zero-order chi connectivity index (χ0) is 15.8. The van der Waals surface area contributed by atoms with Crippen molar-refractivity contribution in [2.75, 3.05) is 13.3 Å². The molecular weight excluding hydrogens is 294 g/mol. The third kappa shape index (κ3) is 2.39. The third-order valence-corrected chi connectivity index (χ3v) is 3.39. The average Bonchev–Trinajstić information content (AvgIpc) is 2.62. The van der Waals surface area contributed by atoms with Crippen molar-refractivity contribution in [3.05, 3.63) is 33.1 Å². The van der Waals surface area contributed by atoms with Crippen LogP contribution in [0.1, 0.15) is 12.6 Å². The lowest BCUT2D eigenvalue weighted by Crippen LogP contribution is -2.52. The summed E-state index contributed by atoms with van der Waals surface area (Å²) in [5.41, 5.74) is -4.56. The molecule has 1 aliphatic rings. The lowest BCUT2D eigenvalue weighted by molar-refractivity contribution is -0.195. The van der Waals surface area contributed by atoms with E-state index in [2.05, 4.69) is 0 Å². The maximum absolute atomic E-state index is 14.4. The van der Waals surface area contributed by atoms with Gasteiger partial charge < -0.3 is 20.1 Å². The van der Waals surface area contributed by atoms with Crippen LogP contribution < -0.4 is 11.2 Å². The third-order valence-electron chi connectivity index (χ3n) is 3.39. The van der Waals surface area contributed by atoms with Crippen molar-refractivity contribution >= 4 is 0 Å². The number of halogens is 2. The van der Waals surface area contributed by atoms with Crippen LogP contribution in [0.4, 0.5) is 8.78 Å². The molecule has 0 amide bonds. The van der Waals surface area contributed by atoms with Gasteiger partial charge in [-0.3, -0.25) is 14.3 Å². The first-order valence-corrected chi connectivity index (χ1v) is 6.04. The lowest BCUT2D eigenvalue weighted by Gasteiger charge is -2.28. The van der Waals surface area contributed by atoms with Crippen LogP contribution in [-0.2, 0) is 4.74 Å². The molecule has 1 aliphatic heterocycles. The number of hydrogen-bond donors (Lipinski definition) is 4. The Morgan fingerprint density at radius 2 is 2.14 bits per heavy atom. The quantitative estimate of drug-likeness (QED) is 0.519. The van der Waals surface area contributed by atoms with Gasteiger partial charge in [-0.25, -0.2) is 13.6 Å². The maximum Gasteiger partial charge on any atom is 0.330 e. The number of aliphatic hydroxyl groups is 3. The van der Waals surface area contributed by atoms with Gasteiger partial charge in [-0.15, -0.1) is 0 Å². The molecule has 1 aromatic rings. The van der Waals surface area contributed by atoms with Gasteiger partial charge in [-0.1, -0.05) is 0 Å². The van der Waals surface area contributed by atoms with Crippen LogP contribution in [0.15, 0.2) is 21.9 Å². The first-order chi connectivity index (χ1) is 9.78. The molecule has 0 aliphatic carbocycles. The number of H-pyrrole nitrogens is 1. The summed E-state index contributed by atoms with van der Waals surface area (Å²) >= 11 is 0. The normalized spacial score (nSPS) is 36.0. The van der Waals surface area contributed by atoms with Gasteiger partial charge >= 0.3 is 5.69 Å². The van der Waals surface area contributed by atoms with E-state index in [0.29, 0.717) is 4.57 Å². The molecule has 10 heteroatoms. The second-order valence-corrected chi connectivity index (χ2v) is 4.77. The second-order valence-electron chi connectivity index (χ2n) is 4.77. The molecule has 1 saturated heterocycles. The van der Waals surface area contributed by atoms with E-state index in [1.807, 2.05) is 4.98 Å². The van der Waals surface area contributed by atoms with E-state index in [1.54, 1.807) is 0 Å². The van der Waals surface area contributed by atoms with Crippen LogP contribution in [0.5, 0.6) is 0 Å². The summed E-state index contributed by atoms with van der Waals surface area (Å²) in [6.07, 6.45) is -4.08. The van der Waals surface area contributed by atoms with E-state index in [-0.39, 0.29) is 0 Å². The number of aromatic amines is 1. The topological polar surface area (TPSA) is 125 Å². The van der Waals surface area contributed by atoms with Crippen LogP contribution in [0.3, 0.4) is 0 Å². The van der Waals surface area contributed by atoms with Gasteiger partial charge in [-0.2, -0.15) is 0 Å². The molecule has 118 valence electrons. The summed E-state index contributed by atoms with van der Waals surface area (Å²) < 4.78 is 32.9. The van der Waals surface area contributed by atoms with Gasteiger partial charge in [-0.05, 0) is 0 Å². The van der Waals surface area contributed by atoms with Crippen molar-refractivity contribution in [2.24, 2.45) is 0 Å². The van der Waals surface area contributed by atoms with Crippen molar-refractivity contribution < 1.29 is 28.8 Å². The molecule has 1 aromatic heterocycles. The Morgan fingerprint density at radius 1 is 1.48 bits per heavy atom. The van der Waals surface area contributed by atoms with E-state index in [4.69, 9.17) is 9.84 Å². The number of aromatic nitrogens is 2. The van der Waals surface area contributed by atoms with Gasteiger partial charge in [0.1, 0.15) is 12.8 Å². The van der Waals surface area contributed by atoms with Gasteiger partial charge in [0.25, 0.3) is 5.56 Å². The number of aliphatic hydroxyl groups excluding tert-OH is 2. The zero-order valence-electron chi connectivity index (χ0n) is 10.7. The molecular formula is C11H14F2N2O6. The number of rotatable bonds is 4. The molecule has 0 spiro atoms. The largest absolute Gasteiger partial charge is 0.396 e. The Morgan fingerprint density at radius 3 is 2.67 bits per heavy atom. The summed E-state index contributed by atoms with van der Waals surface area (Å²) in [6, 6.07) is 0.889. The molecule has 0 bridgehead atoms. The summed E-state index contributed by atoms with van der Waals surface area (Å²) in [4.78, 5) is 24.5. The Balaban J connectivity index is 2.52. The molecule has 21 heavy (non-hydrogen) atoms. The summed E-state index contributed by atoms with van der Waals surface area (Å²) in [6.45, 7) is -2.34. The predicted octanol–water partition coefficient (Wildman–Crippen LogP) is -1.82. The standard InChI is InChI=1S/C11H14F2N2O6/c12-5-10(20)7(18)11(13,2-4-16)21-8(10)15-3-1-6(17)14-9(15)19/h1,3,7-8,16,18,20H,2,4-5H2,(H,14,17,19)/t7-,8?,10+,11+/m0/s1. The highest BCUT2D eigenvalue weighted by Crippen LogP contribution is 2.46. The molecule has 0 radical (unpaired) electrons. The van der Waals surface area contributed by atoms with Crippen LogP contribution >= 0.6 is 0 Å². The predicted molar refractivity (Wildman–Crippen MR) is 63.9 cm³/mol. The Bertz CT molecular complexity index is 634. The van der Waals surface area contributed by atoms with Crippen molar-refractivity contribution in [1.29, 1.82) is 0 Å². The number of hydrogen-bond acceptors (Lipinski definition) is 6. The van der Waals surface area contributed by atoms with Crippen molar-refractivity contribution in [3.8, 4) is 0 Å². The van der Waals surface area contributed by atoms with E-state index in [9.17, 15) is 28.6 Å². The smallest absolute Gasteiger partial charge is 0.330 e. The minimum absolute atomic E-state index is 0.558. The fraction of sp³-hybridized carbons (Fsp3) is 0.636. The number of ether oxygens (including phenoxy) is 1. The SMILES string of the molecule is O=c1ccn(C2O[C@](F)(CCO)[C@@H](O)[C@]2(O)CF)c(=O)[nH]1. The van der Waals surface area contributed by atoms with Gasteiger partial charge in [0.15, 0.2) is 11.8 Å². The molecule has 4 atom stereocenters. The molecule has 0 aromatic carbocycles. The minimum atomic E-state index is -2.93. The lowest BCUT2D eigenvalue weighted by atomic mass is 9.93. The molecule has 2 heterocycles. The fourth-order valence-electron chi connectivity index (χ4n) is 2.26. The monoisotopic (exact) mass is 308 g/mol. The highest BCUT2D eigenvalue weighted by molar-refractivity contribution is 5.06. The van der Waals surface area contributed by atoms with Gasteiger partial charge in [0.2, 0.25) is 5.85 Å². The van der Waals surface area contributed by atoms with Crippen LogP contribution in [0.2, 0.25) is 0 Å². The second kappa shape index (κ2) is 5.30. The zero-order valence-corrected chi connectivity index (χ0v) is 10.7. The van der Waals surface area contributed by atoms with E-state index < -0.39 is 54.7 Å². The van der Waals surface area contributed by atoms with E-state index >= 15 is 0 Å². The number of nitrogens with one attached hydrogen (secondary N) is 1. The maximum atomic E-state index is 14.4. The summed E-state index contributed by atoms with van der Waals surface area (Å²) in [7, 11) is 0. The van der Waals surface area contributed by atoms with Crippen LogP contribution in [-0.4, -0.2) is 55.7 Å². The summed E-state index contributed by atoms with van der Waals surface area (Å²) in [5.74, 6) is -2.93. The first-order valence-electron chi connectivity index (χ1n) is 6.04. The first kappa shape index (κ1) is 15.8. The van der Waals surface area contributed by atoms with Crippen molar-refractivity contribution in [1.82, 2.24) is 9.55 Å². The Kier molecular flexibility index (Phi) is 3.97. The number of alkyl halides is 2. The Hall–Kier alpha value is -1.62. The van der Waals surface area contributed by atoms with E-state index in [0.717, 1.165) is 12.3 Å². The molecule has 1 fully saturated rings. The highest BCUT2D eigenvalue weighted by atomic mass is 19.2. The molecule has 2 rings (SSSR count). The van der Waals surface area contributed by atoms with Crippen LogP contribution in [0, 0.1) is 0 Å². The van der Waals surface area contributed by atoms with Gasteiger partial charge in [0.05, 0.1) is 0 Å². The van der Waals surface area contributed by atoms with E-state index in [1.165, 1.54) is 0 Å². The molecule has 8 nitrogen and oxygen atoms in total. The van der Waals surface area contributed by atoms with Crippen molar-refractivity contribution in [2.45, 2.75) is 30.2 Å². The molecule has 1 unspecified atom stereocenters. The molecule has 0 saturated carbocycles. The van der Waals surface area contributed by atoms with Crippen LogP contribution in [0.25, 0.3) is 0 Å².